The molecular weight excluding hydrogens is 186 g/mol. The zero-order valence-corrected chi connectivity index (χ0v) is 9.37. The molecule has 3 nitrogen and oxygen atoms in total. The van der Waals surface area contributed by atoms with Gasteiger partial charge in [0.2, 0.25) is 0 Å². The summed E-state index contributed by atoms with van der Waals surface area (Å²) in [5.74, 6) is 0. The number of aromatic nitrogens is 1. The lowest BCUT2D eigenvalue weighted by Gasteiger charge is -2.26. The van der Waals surface area contributed by atoms with E-state index in [1.807, 2.05) is 13.0 Å². The number of piperazine rings is 1. The highest BCUT2D eigenvalue weighted by Crippen LogP contribution is 2.01. The maximum atomic E-state index is 4.52. The Morgan fingerprint density at radius 3 is 2.87 bits per heavy atom. The Kier molecular flexibility index (Phi) is 3.69. The first-order valence-electron chi connectivity index (χ1n) is 5.70. The monoisotopic (exact) mass is 205 g/mol. The van der Waals surface area contributed by atoms with Crippen LogP contribution in [0.2, 0.25) is 0 Å². The molecule has 1 aliphatic rings. The highest BCUT2D eigenvalue weighted by Gasteiger charge is 2.08. The summed E-state index contributed by atoms with van der Waals surface area (Å²) in [6, 6.07) is 6.26. The van der Waals surface area contributed by atoms with Gasteiger partial charge < -0.3 is 10.2 Å². The minimum Gasteiger partial charge on any atom is -0.314 e. The van der Waals surface area contributed by atoms with Crippen molar-refractivity contribution in [1.29, 1.82) is 0 Å². The number of pyridine rings is 1. The standard InChI is InChI=1S/C12H19N3/c1-11-3-2-4-12(14-11)5-8-15-9-6-13-7-10-15/h2-4,13H,5-10H2,1H3. The molecule has 1 aromatic rings. The zero-order chi connectivity index (χ0) is 10.5. The number of hydrogen-bond donors (Lipinski definition) is 1. The lowest BCUT2D eigenvalue weighted by molar-refractivity contribution is 0.243. The van der Waals surface area contributed by atoms with Crippen LogP contribution in [0.15, 0.2) is 18.2 Å². The molecule has 3 heteroatoms. The smallest absolute Gasteiger partial charge is 0.0419 e. The quantitative estimate of drug-likeness (QED) is 0.792. The van der Waals surface area contributed by atoms with Crippen LogP contribution in [0.3, 0.4) is 0 Å². The van der Waals surface area contributed by atoms with Gasteiger partial charge in [0, 0.05) is 50.5 Å². The van der Waals surface area contributed by atoms with Crippen LogP contribution in [0.1, 0.15) is 11.4 Å². The van der Waals surface area contributed by atoms with Crippen LogP contribution in [0.4, 0.5) is 0 Å². The third kappa shape index (κ3) is 3.29. The largest absolute Gasteiger partial charge is 0.314 e. The molecule has 1 aliphatic heterocycles. The molecule has 0 unspecified atom stereocenters. The van der Waals surface area contributed by atoms with Crippen molar-refractivity contribution in [1.82, 2.24) is 15.2 Å². The van der Waals surface area contributed by atoms with Gasteiger partial charge in [0.25, 0.3) is 0 Å². The minimum atomic E-state index is 1.07. The summed E-state index contributed by atoms with van der Waals surface area (Å²) in [6.45, 7) is 7.78. The second kappa shape index (κ2) is 5.24. The van der Waals surface area contributed by atoms with Gasteiger partial charge >= 0.3 is 0 Å². The molecule has 0 saturated carbocycles. The van der Waals surface area contributed by atoms with E-state index in [0.29, 0.717) is 0 Å². The summed E-state index contributed by atoms with van der Waals surface area (Å²) >= 11 is 0. The normalized spacial score (nSPS) is 17.9. The first-order valence-corrected chi connectivity index (χ1v) is 5.70. The summed E-state index contributed by atoms with van der Waals surface area (Å²) in [5.41, 5.74) is 2.33. The Hall–Kier alpha value is -0.930. The fourth-order valence-electron chi connectivity index (χ4n) is 1.95. The Labute approximate surface area is 91.5 Å². The van der Waals surface area contributed by atoms with E-state index in [9.17, 15) is 0 Å². The molecule has 0 radical (unpaired) electrons. The molecule has 1 N–H and O–H groups in total. The van der Waals surface area contributed by atoms with E-state index >= 15 is 0 Å². The van der Waals surface area contributed by atoms with E-state index in [0.717, 1.165) is 31.7 Å². The van der Waals surface area contributed by atoms with E-state index in [2.05, 4.69) is 27.3 Å². The predicted octanol–water partition coefficient (Wildman–Crippen LogP) is 0.838. The average molecular weight is 205 g/mol. The Morgan fingerprint density at radius 2 is 2.13 bits per heavy atom. The fourth-order valence-corrected chi connectivity index (χ4v) is 1.95. The summed E-state index contributed by atoms with van der Waals surface area (Å²) in [4.78, 5) is 7.02. The maximum absolute atomic E-state index is 4.52. The van der Waals surface area contributed by atoms with Crippen LogP contribution in [-0.4, -0.2) is 42.6 Å². The molecule has 15 heavy (non-hydrogen) atoms. The lowest BCUT2D eigenvalue weighted by Crippen LogP contribution is -2.44. The molecule has 0 atom stereocenters. The topological polar surface area (TPSA) is 28.2 Å². The molecule has 0 aromatic carbocycles. The van der Waals surface area contributed by atoms with Crippen molar-refractivity contribution in [2.75, 3.05) is 32.7 Å². The van der Waals surface area contributed by atoms with Gasteiger partial charge in [-0.25, -0.2) is 0 Å². The van der Waals surface area contributed by atoms with Gasteiger partial charge in [-0.05, 0) is 19.1 Å². The number of nitrogens with zero attached hydrogens (tertiary/aromatic N) is 2. The number of hydrogen-bond acceptors (Lipinski definition) is 3. The van der Waals surface area contributed by atoms with Crippen LogP contribution >= 0.6 is 0 Å². The van der Waals surface area contributed by atoms with Gasteiger partial charge in [0.05, 0.1) is 0 Å². The Morgan fingerprint density at radius 1 is 1.33 bits per heavy atom. The van der Waals surface area contributed by atoms with Crippen molar-refractivity contribution in [3.63, 3.8) is 0 Å². The van der Waals surface area contributed by atoms with E-state index in [4.69, 9.17) is 0 Å². The van der Waals surface area contributed by atoms with E-state index in [-0.39, 0.29) is 0 Å². The van der Waals surface area contributed by atoms with Crippen LogP contribution in [0.5, 0.6) is 0 Å². The molecule has 0 amide bonds. The number of nitrogens with one attached hydrogen (secondary N) is 1. The maximum Gasteiger partial charge on any atom is 0.0419 e. The van der Waals surface area contributed by atoms with Gasteiger partial charge in [0.15, 0.2) is 0 Å². The molecular formula is C12H19N3. The number of rotatable bonds is 3. The summed E-state index contributed by atoms with van der Waals surface area (Å²) in [5, 5.41) is 3.36. The van der Waals surface area contributed by atoms with Gasteiger partial charge in [-0.15, -0.1) is 0 Å². The van der Waals surface area contributed by atoms with Crippen molar-refractivity contribution in [3.05, 3.63) is 29.6 Å². The van der Waals surface area contributed by atoms with Crippen LogP contribution < -0.4 is 5.32 Å². The molecule has 0 aliphatic carbocycles. The van der Waals surface area contributed by atoms with Crippen molar-refractivity contribution < 1.29 is 0 Å². The summed E-state index contributed by atoms with van der Waals surface area (Å²) < 4.78 is 0. The van der Waals surface area contributed by atoms with E-state index < -0.39 is 0 Å². The molecule has 0 spiro atoms. The van der Waals surface area contributed by atoms with Gasteiger partial charge in [-0.2, -0.15) is 0 Å². The molecule has 82 valence electrons. The van der Waals surface area contributed by atoms with Crippen molar-refractivity contribution in [2.45, 2.75) is 13.3 Å². The van der Waals surface area contributed by atoms with E-state index in [1.165, 1.54) is 18.8 Å². The van der Waals surface area contributed by atoms with Crippen molar-refractivity contribution in [2.24, 2.45) is 0 Å². The third-order valence-corrected chi connectivity index (χ3v) is 2.84. The van der Waals surface area contributed by atoms with Crippen LogP contribution in [0, 0.1) is 6.92 Å². The Bertz CT molecular complexity index is 305. The Balaban J connectivity index is 1.81. The van der Waals surface area contributed by atoms with E-state index in [1.54, 1.807) is 0 Å². The molecule has 0 bridgehead atoms. The molecule has 2 heterocycles. The predicted molar refractivity (Wildman–Crippen MR) is 62.0 cm³/mol. The average Bonchev–Trinajstić information content (AvgIpc) is 2.28. The summed E-state index contributed by atoms with van der Waals surface area (Å²) in [7, 11) is 0. The summed E-state index contributed by atoms with van der Waals surface area (Å²) in [6.07, 6.45) is 1.07. The highest BCUT2D eigenvalue weighted by atomic mass is 15.2. The SMILES string of the molecule is Cc1cccc(CCN2CCNCC2)n1. The van der Waals surface area contributed by atoms with Crippen LogP contribution in [0.25, 0.3) is 0 Å². The van der Waals surface area contributed by atoms with Gasteiger partial charge in [0.1, 0.15) is 0 Å². The minimum absolute atomic E-state index is 1.07. The van der Waals surface area contributed by atoms with Crippen molar-refractivity contribution >= 4 is 0 Å². The number of aryl methyl sites for hydroxylation is 1. The highest BCUT2D eigenvalue weighted by molar-refractivity contribution is 5.10. The fraction of sp³-hybridized carbons (Fsp3) is 0.583. The molecule has 1 saturated heterocycles. The van der Waals surface area contributed by atoms with Crippen molar-refractivity contribution in [3.8, 4) is 0 Å². The second-order valence-electron chi connectivity index (χ2n) is 4.11. The first kappa shape index (κ1) is 10.6. The zero-order valence-electron chi connectivity index (χ0n) is 9.37. The van der Waals surface area contributed by atoms with Gasteiger partial charge in [-0.1, -0.05) is 6.07 Å². The van der Waals surface area contributed by atoms with Crippen LogP contribution in [-0.2, 0) is 6.42 Å². The molecule has 1 aromatic heterocycles. The van der Waals surface area contributed by atoms with Gasteiger partial charge in [-0.3, -0.25) is 4.98 Å². The second-order valence-corrected chi connectivity index (χ2v) is 4.11. The first-order chi connectivity index (χ1) is 7.34. The molecule has 1 fully saturated rings. The third-order valence-electron chi connectivity index (χ3n) is 2.84. The lowest BCUT2D eigenvalue weighted by atomic mass is 10.2. The molecule has 2 rings (SSSR count).